The SMILES string of the molecule is O=C(Cn1ccc(=O)[nH]c1=O)N[C@@H](c1ccccc1)c1cccs1. The van der Waals surface area contributed by atoms with Crippen LogP contribution in [0.5, 0.6) is 0 Å². The van der Waals surface area contributed by atoms with Crippen LogP contribution < -0.4 is 16.6 Å². The molecule has 3 aromatic rings. The zero-order valence-corrected chi connectivity index (χ0v) is 13.5. The molecule has 1 atom stereocenters. The van der Waals surface area contributed by atoms with Gasteiger partial charge in [0.1, 0.15) is 6.54 Å². The van der Waals surface area contributed by atoms with Crippen LogP contribution >= 0.6 is 11.3 Å². The van der Waals surface area contributed by atoms with E-state index in [0.717, 1.165) is 15.0 Å². The van der Waals surface area contributed by atoms with Gasteiger partial charge in [-0.25, -0.2) is 4.79 Å². The van der Waals surface area contributed by atoms with Crippen molar-refractivity contribution < 1.29 is 4.79 Å². The number of nitrogens with one attached hydrogen (secondary N) is 2. The lowest BCUT2D eigenvalue weighted by molar-refractivity contribution is -0.122. The highest BCUT2D eigenvalue weighted by Crippen LogP contribution is 2.25. The number of carbonyl (C=O) groups excluding carboxylic acids is 1. The maximum Gasteiger partial charge on any atom is 0.328 e. The number of carbonyl (C=O) groups is 1. The Morgan fingerprint density at radius 2 is 1.92 bits per heavy atom. The normalized spacial score (nSPS) is 11.8. The lowest BCUT2D eigenvalue weighted by Crippen LogP contribution is -2.37. The minimum Gasteiger partial charge on any atom is -0.343 e. The van der Waals surface area contributed by atoms with Crippen LogP contribution in [0.3, 0.4) is 0 Å². The molecule has 0 spiro atoms. The fourth-order valence-corrected chi connectivity index (χ4v) is 3.15. The summed E-state index contributed by atoms with van der Waals surface area (Å²) in [6.45, 7) is -0.162. The second-order valence-corrected chi connectivity index (χ2v) is 6.14. The summed E-state index contributed by atoms with van der Waals surface area (Å²) in [5.74, 6) is -0.314. The maximum absolute atomic E-state index is 12.4. The van der Waals surface area contributed by atoms with Gasteiger partial charge in [-0.15, -0.1) is 11.3 Å². The monoisotopic (exact) mass is 341 g/mol. The number of hydrogen-bond acceptors (Lipinski definition) is 4. The van der Waals surface area contributed by atoms with Crippen molar-refractivity contribution in [3.05, 3.63) is 91.4 Å². The van der Waals surface area contributed by atoms with E-state index in [2.05, 4.69) is 10.3 Å². The zero-order valence-electron chi connectivity index (χ0n) is 12.6. The molecule has 2 N–H and O–H groups in total. The zero-order chi connectivity index (χ0) is 16.9. The molecule has 24 heavy (non-hydrogen) atoms. The Balaban J connectivity index is 1.81. The quantitative estimate of drug-likeness (QED) is 0.738. The van der Waals surface area contributed by atoms with Crippen molar-refractivity contribution in [2.45, 2.75) is 12.6 Å². The van der Waals surface area contributed by atoms with Crippen molar-refractivity contribution in [2.24, 2.45) is 0 Å². The lowest BCUT2D eigenvalue weighted by atomic mass is 10.1. The summed E-state index contributed by atoms with van der Waals surface area (Å²) in [5.41, 5.74) is -0.135. The Bertz CT molecular complexity index is 929. The molecule has 0 radical (unpaired) electrons. The van der Waals surface area contributed by atoms with Crippen LogP contribution in [0.1, 0.15) is 16.5 Å². The van der Waals surface area contributed by atoms with Crippen molar-refractivity contribution in [3.8, 4) is 0 Å². The molecular weight excluding hydrogens is 326 g/mol. The van der Waals surface area contributed by atoms with Gasteiger partial charge < -0.3 is 5.32 Å². The van der Waals surface area contributed by atoms with Gasteiger partial charge in [-0.05, 0) is 17.0 Å². The van der Waals surface area contributed by atoms with E-state index in [1.54, 1.807) is 11.3 Å². The first-order valence-electron chi connectivity index (χ1n) is 7.31. The number of rotatable bonds is 5. The average molecular weight is 341 g/mol. The fraction of sp³-hybridized carbons (Fsp3) is 0.118. The number of amides is 1. The molecule has 1 amide bonds. The van der Waals surface area contributed by atoms with E-state index < -0.39 is 11.2 Å². The molecule has 2 heterocycles. The van der Waals surface area contributed by atoms with Gasteiger partial charge in [-0.1, -0.05) is 36.4 Å². The largest absolute Gasteiger partial charge is 0.343 e. The molecule has 0 saturated heterocycles. The molecule has 2 aromatic heterocycles. The minimum atomic E-state index is -0.606. The molecule has 0 aliphatic heterocycles. The first-order chi connectivity index (χ1) is 11.6. The maximum atomic E-state index is 12.4. The summed E-state index contributed by atoms with van der Waals surface area (Å²) >= 11 is 1.55. The Kier molecular flexibility index (Phi) is 4.72. The number of aromatic amines is 1. The van der Waals surface area contributed by atoms with Crippen LogP contribution in [0, 0.1) is 0 Å². The summed E-state index contributed by atoms with van der Waals surface area (Å²) in [6.07, 6.45) is 1.31. The third kappa shape index (κ3) is 3.69. The summed E-state index contributed by atoms with van der Waals surface area (Å²) < 4.78 is 1.16. The van der Waals surface area contributed by atoms with Gasteiger partial charge in [-0.3, -0.25) is 19.1 Å². The molecule has 122 valence electrons. The van der Waals surface area contributed by atoms with Crippen molar-refractivity contribution in [2.75, 3.05) is 0 Å². The van der Waals surface area contributed by atoms with Crippen molar-refractivity contribution in [3.63, 3.8) is 0 Å². The van der Waals surface area contributed by atoms with Gasteiger partial charge in [0.15, 0.2) is 0 Å². The summed E-state index contributed by atoms with van der Waals surface area (Å²) in [5, 5.41) is 4.89. The van der Waals surface area contributed by atoms with Crippen molar-refractivity contribution in [1.29, 1.82) is 0 Å². The summed E-state index contributed by atoms with van der Waals surface area (Å²) in [6, 6.07) is 14.4. The molecule has 0 fully saturated rings. The number of H-pyrrole nitrogens is 1. The summed E-state index contributed by atoms with van der Waals surface area (Å²) in [7, 11) is 0. The fourth-order valence-electron chi connectivity index (χ4n) is 2.35. The molecule has 0 unspecified atom stereocenters. The Morgan fingerprint density at radius 1 is 1.12 bits per heavy atom. The molecule has 0 aliphatic carbocycles. The highest BCUT2D eigenvalue weighted by atomic mass is 32.1. The van der Waals surface area contributed by atoms with Crippen LogP contribution in [0.15, 0.2) is 69.7 Å². The number of nitrogens with zero attached hydrogens (tertiary/aromatic N) is 1. The number of aromatic nitrogens is 2. The van der Waals surface area contributed by atoms with Crippen molar-refractivity contribution in [1.82, 2.24) is 14.9 Å². The van der Waals surface area contributed by atoms with Gasteiger partial charge in [0.05, 0.1) is 6.04 Å². The minimum absolute atomic E-state index is 0.162. The van der Waals surface area contributed by atoms with Crippen LogP contribution in [0.4, 0.5) is 0 Å². The van der Waals surface area contributed by atoms with Crippen molar-refractivity contribution >= 4 is 17.2 Å². The van der Waals surface area contributed by atoms with Crippen LogP contribution in [0.2, 0.25) is 0 Å². The third-order valence-electron chi connectivity index (χ3n) is 3.48. The molecule has 0 saturated carbocycles. The van der Waals surface area contributed by atoms with Gasteiger partial charge in [0.2, 0.25) is 5.91 Å². The van der Waals surface area contributed by atoms with E-state index in [4.69, 9.17) is 0 Å². The van der Waals surface area contributed by atoms with E-state index in [1.165, 1.54) is 12.3 Å². The number of thiophene rings is 1. The van der Waals surface area contributed by atoms with Crippen LogP contribution in [-0.4, -0.2) is 15.5 Å². The molecule has 1 aromatic carbocycles. The smallest absolute Gasteiger partial charge is 0.328 e. The molecule has 0 aliphatic rings. The van der Waals surface area contributed by atoms with E-state index in [-0.39, 0.29) is 18.5 Å². The van der Waals surface area contributed by atoms with Gasteiger partial charge >= 0.3 is 5.69 Å². The Labute approximate surface area is 141 Å². The predicted octanol–water partition coefficient (Wildman–Crippen LogP) is 1.50. The first kappa shape index (κ1) is 15.9. The predicted molar refractivity (Wildman–Crippen MR) is 92.1 cm³/mol. The molecule has 7 heteroatoms. The van der Waals surface area contributed by atoms with Gasteiger partial charge in [0.25, 0.3) is 5.56 Å². The topological polar surface area (TPSA) is 84.0 Å². The average Bonchev–Trinajstić information content (AvgIpc) is 3.10. The highest BCUT2D eigenvalue weighted by Gasteiger charge is 2.18. The van der Waals surface area contributed by atoms with E-state index in [9.17, 15) is 14.4 Å². The second kappa shape index (κ2) is 7.10. The van der Waals surface area contributed by atoms with Crippen LogP contribution in [-0.2, 0) is 11.3 Å². The lowest BCUT2D eigenvalue weighted by Gasteiger charge is -2.18. The molecule has 6 nitrogen and oxygen atoms in total. The van der Waals surface area contributed by atoms with Gasteiger partial charge in [0, 0.05) is 17.1 Å². The molecule has 3 rings (SSSR count). The first-order valence-corrected chi connectivity index (χ1v) is 8.19. The number of hydrogen-bond donors (Lipinski definition) is 2. The molecular formula is C17H15N3O3S. The highest BCUT2D eigenvalue weighted by molar-refractivity contribution is 7.10. The van der Waals surface area contributed by atoms with E-state index >= 15 is 0 Å². The Morgan fingerprint density at radius 3 is 2.58 bits per heavy atom. The third-order valence-corrected chi connectivity index (χ3v) is 4.41. The second-order valence-electron chi connectivity index (χ2n) is 5.16. The summed E-state index contributed by atoms with van der Waals surface area (Å²) in [4.78, 5) is 38.3. The standard InChI is InChI=1S/C17H15N3O3S/c21-14-8-9-20(17(23)19-14)11-15(22)18-16(13-7-4-10-24-13)12-5-2-1-3-6-12/h1-10,16H,11H2,(H,18,22)(H,19,21,23)/t16-/m0/s1. The van der Waals surface area contributed by atoms with E-state index in [1.807, 2.05) is 47.8 Å². The van der Waals surface area contributed by atoms with Gasteiger partial charge in [-0.2, -0.15) is 0 Å². The van der Waals surface area contributed by atoms with Crippen LogP contribution in [0.25, 0.3) is 0 Å². The van der Waals surface area contributed by atoms with E-state index in [0.29, 0.717) is 0 Å². The Hall–Kier alpha value is -2.93. The number of benzene rings is 1. The molecule has 0 bridgehead atoms.